The standard InChI is InChI=1S/C22H21N5O5S2/c1-32-22(29)19(12-15-5-7-17(28)8-6-15)27-14-16(25-26-27)13-24-34(30,31)21-10-9-20(33-21)18-4-2-3-11-23-18/h2-11,14,19,24,28H,12-13H2,1H3. The van der Waals surface area contributed by atoms with Crippen LogP contribution < -0.4 is 4.72 Å². The van der Waals surface area contributed by atoms with Crippen molar-refractivity contribution >= 4 is 27.3 Å². The average molecular weight is 500 g/mol. The van der Waals surface area contributed by atoms with Crippen molar-refractivity contribution in [1.29, 1.82) is 0 Å². The molecule has 10 nitrogen and oxygen atoms in total. The van der Waals surface area contributed by atoms with Gasteiger partial charge in [-0.2, -0.15) is 0 Å². The number of nitrogens with zero attached hydrogens (tertiary/aromatic N) is 4. The highest BCUT2D eigenvalue weighted by molar-refractivity contribution is 7.91. The SMILES string of the molecule is COC(=O)C(Cc1ccc(O)cc1)n1cc(CNS(=O)(=O)c2ccc(-c3ccccn3)s2)nn1. The number of esters is 1. The Balaban J connectivity index is 1.45. The molecule has 0 saturated heterocycles. The number of carbonyl (C=O) groups is 1. The van der Waals surface area contributed by atoms with Gasteiger partial charge in [0.1, 0.15) is 9.96 Å². The number of benzene rings is 1. The maximum absolute atomic E-state index is 12.7. The smallest absolute Gasteiger partial charge is 0.331 e. The minimum absolute atomic E-state index is 0.105. The number of sulfonamides is 1. The molecule has 3 heterocycles. The van der Waals surface area contributed by atoms with Gasteiger partial charge < -0.3 is 9.84 Å². The second kappa shape index (κ2) is 10.1. The van der Waals surface area contributed by atoms with Gasteiger partial charge in [0.05, 0.1) is 36.1 Å². The van der Waals surface area contributed by atoms with Crippen molar-refractivity contribution in [3.8, 4) is 16.3 Å². The summed E-state index contributed by atoms with van der Waals surface area (Å²) in [6, 6.07) is 14.3. The van der Waals surface area contributed by atoms with E-state index >= 15 is 0 Å². The summed E-state index contributed by atoms with van der Waals surface area (Å²) in [7, 11) is -2.51. The molecule has 176 valence electrons. The quantitative estimate of drug-likeness (QED) is 0.335. The van der Waals surface area contributed by atoms with Gasteiger partial charge in [-0.25, -0.2) is 22.6 Å². The van der Waals surface area contributed by atoms with E-state index < -0.39 is 22.0 Å². The second-order valence-corrected chi connectivity index (χ2v) is 10.3. The van der Waals surface area contributed by atoms with E-state index in [1.54, 1.807) is 30.5 Å². The third-order valence-electron chi connectivity index (χ3n) is 4.92. The normalized spacial score (nSPS) is 12.4. The highest BCUT2D eigenvalue weighted by Gasteiger charge is 2.24. The first-order valence-electron chi connectivity index (χ1n) is 10.1. The summed E-state index contributed by atoms with van der Waals surface area (Å²) < 4.78 is 34.4. The van der Waals surface area contributed by atoms with Gasteiger partial charge in [0, 0.05) is 12.6 Å². The van der Waals surface area contributed by atoms with Crippen LogP contribution in [0.3, 0.4) is 0 Å². The number of rotatable bonds is 9. The van der Waals surface area contributed by atoms with Gasteiger partial charge in [-0.1, -0.05) is 23.4 Å². The molecule has 3 aromatic heterocycles. The Morgan fingerprint density at radius 3 is 2.68 bits per heavy atom. The number of carbonyl (C=O) groups excluding carboxylic acids is 1. The van der Waals surface area contributed by atoms with Crippen LogP contribution in [0.2, 0.25) is 0 Å². The van der Waals surface area contributed by atoms with E-state index in [9.17, 15) is 18.3 Å². The molecule has 1 unspecified atom stereocenters. The zero-order valence-electron chi connectivity index (χ0n) is 18.0. The molecule has 34 heavy (non-hydrogen) atoms. The molecular weight excluding hydrogens is 478 g/mol. The predicted octanol–water partition coefficient (Wildman–Crippen LogP) is 2.54. The summed E-state index contributed by atoms with van der Waals surface area (Å²) in [5.74, 6) is -0.405. The van der Waals surface area contributed by atoms with Crippen LogP contribution in [0.1, 0.15) is 17.3 Å². The number of nitrogens with one attached hydrogen (secondary N) is 1. The molecule has 0 bridgehead atoms. The lowest BCUT2D eigenvalue weighted by Crippen LogP contribution is -2.24. The van der Waals surface area contributed by atoms with Crippen molar-refractivity contribution in [2.75, 3.05) is 7.11 Å². The summed E-state index contributed by atoms with van der Waals surface area (Å²) in [5.41, 5.74) is 1.82. The number of hydrogen-bond donors (Lipinski definition) is 2. The van der Waals surface area contributed by atoms with Gasteiger partial charge in [-0.15, -0.1) is 16.4 Å². The van der Waals surface area contributed by atoms with E-state index in [0.29, 0.717) is 11.4 Å². The van der Waals surface area contributed by atoms with Crippen LogP contribution in [-0.4, -0.2) is 46.6 Å². The minimum Gasteiger partial charge on any atom is -0.508 e. The van der Waals surface area contributed by atoms with E-state index in [1.165, 1.54) is 36.2 Å². The molecule has 4 rings (SSSR count). The fourth-order valence-corrected chi connectivity index (χ4v) is 5.50. The van der Waals surface area contributed by atoms with Crippen molar-refractivity contribution in [3.63, 3.8) is 0 Å². The summed E-state index contributed by atoms with van der Waals surface area (Å²) in [6.07, 6.45) is 3.40. The van der Waals surface area contributed by atoms with E-state index in [1.807, 2.05) is 12.1 Å². The van der Waals surface area contributed by atoms with E-state index in [4.69, 9.17) is 4.74 Å². The number of aromatic hydroxyl groups is 1. The first kappa shape index (κ1) is 23.5. The van der Waals surface area contributed by atoms with Gasteiger partial charge in [0.25, 0.3) is 0 Å². The Bertz CT molecular complexity index is 1370. The predicted molar refractivity (Wildman–Crippen MR) is 124 cm³/mol. The molecule has 4 aromatic rings. The number of phenols is 1. The molecule has 0 aliphatic rings. The van der Waals surface area contributed by atoms with Gasteiger partial charge in [0.2, 0.25) is 10.0 Å². The van der Waals surface area contributed by atoms with Crippen LogP contribution in [-0.2, 0) is 32.5 Å². The minimum atomic E-state index is -3.78. The zero-order valence-corrected chi connectivity index (χ0v) is 19.7. The summed E-state index contributed by atoms with van der Waals surface area (Å²) in [6.45, 7) is -0.105. The molecule has 0 amide bonds. The van der Waals surface area contributed by atoms with Crippen LogP contribution in [0.5, 0.6) is 5.75 Å². The number of ether oxygens (including phenoxy) is 1. The Kier molecular flexibility index (Phi) is 7.01. The van der Waals surface area contributed by atoms with Crippen LogP contribution in [0, 0.1) is 0 Å². The van der Waals surface area contributed by atoms with Crippen LogP contribution >= 0.6 is 11.3 Å². The third kappa shape index (κ3) is 5.47. The van der Waals surface area contributed by atoms with Crippen molar-refractivity contribution in [2.24, 2.45) is 0 Å². The van der Waals surface area contributed by atoms with Gasteiger partial charge >= 0.3 is 5.97 Å². The van der Waals surface area contributed by atoms with Gasteiger partial charge in [-0.3, -0.25) is 4.98 Å². The number of aromatic nitrogens is 4. The van der Waals surface area contributed by atoms with E-state index in [2.05, 4.69) is 20.0 Å². The Morgan fingerprint density at radius 1 is 1.18 bits per heavy atom. The Morgan fingerprint density at radius 2 is 1.97 bits per heavy atom. The zero-order chi connectivity index (χ0) is 24.1. The molecule has 1 atom stereocenters. The molecule has 0 fully saturated rings. The fraction of sp³-hybridized carbons (Fsp3) is 0.182. The molecule has 0 saturated carbocycles. The molecule has 12 heteroatoms. The molecule has 2 N–H and O–H groups in total. The van der Waals surface area contributed by atoms with E-state index in [0.717, 1.165) is 21.8 Å². The largest absolute Gasteiger partial charge is 0.508 e. The Labute approximate surface area is 199 Å². The second-order valence-electron chi connectivity index (χ2n) is 7.26. The summed E-state index contributed by atoms with van der Waals surface area (Å²) in [4.78, 5) is 17.3. The number of methoxy groups -OCH3 is 1. The first-order chi connectivity index (χ1) is 16.4. The third-order valence-corrected chi connectivity index (χ3v) is 7.92. The monoisotopic (exact) mass is 499 g/mol. The lowest BCUT2D eigenvalue weighted by molar-refractivity contribution is -0.144. The van der Waals surface area contributed by atoms with Crippen molar-refractivity contribution in [1.82, 2.24) is 24.7 Å². The molecule has 0 aliphatic carbocycles. The number of phenolic OH excluding ortho intramolecular Hbond substituents is 1. The highest BCUT2D eigenvalue weighted by Crippen LogP contribution is 2.29. The topological polar surface area (TPSA) is 136 Å². The number of pyridine rings is 1. The van der Waals surface area contributed by atoms with Crippen molar-refractivity contribution < 1.29 is 23.1 Å². The molecular formula is C22H21N5O5S2. The van der Waals surface area contributed by atoms with Gasteiger partial charge in [0.15, 0.2) is 6.04 Å². The molecule has 0 radical (unpaired) electrons. The lowest BCUT2D eigenvalue weighted by Gasteiger charge is -2.14. The first-order valence-corrected chi connectivity index (χ1v) is 12.4. The van der Waals surface area contributed by atoms with Crippen LogP contribution in [0.15, 0.2) is 71.2 Å². The molecule has 0 aliphatic heterocycles. The maximum Gasteiger partial charge on any atom is 0.331 e. The molecule has 1 aromatic carbocycles. The maximum atomic E-state index is 12.7. The Hall–Kier alpha value is -3.61. The average Bonchev–Trinajstić information content (AvgIpc) is 3.53. The van der Waals surface area contributed by atoms with Crippen molar-refractivity contribution in [3.05, 3.63) is 78.2 Å². The number of hydrogen-bond acceptors (Lipinski definition) is 9. The lowest BCUT2D eigenvalue weighted by atomic mass is 10.1. The fourth-order valence-electron chi connectivity index (χ4n) is 3.17. The van der Waals surface area contributed by atoms with Crippen LogP contribution in [0.25, 0.3) is 10.6 Å². The van der Waals surface area contributed by atoms with Crippen molar-refractivity contribution in [2.45, 2.75) is 23.2 Å². The number of thiophene rings is 1. The summed E-state index contributed by atoms with van der Waals surface area (Å²) >= 11 is 1.11. The van der Waals surface area contributed by atoms with E-state index in [-0.39, 0.29) is 22.9 Å². The van der Waals surface area contributed by atoms with Crippen LogP contribution in [0.4, 0.5) is 0 Å². The highest BCUT2D eigenvalue weighted by atomic mass is 32.2. The molecule has 0 spiro atoms. The van der Waals surface area contributed by atoms with Gasteiger partial charge in [-0.05, 0) is 42.0 Å². The summed E-state index contributed by atoms with van der Waals surface area (Å²) in [5, 5.41) is 17.4.